The van der Waals surface area contributed by atoms with Crippen molar-refractivity contribution >= 4 is 28.8 Å². The standard InChI is InChI=1S/C24H23F3N4OS/c1-14-11-19(31-23-28-8-3-9-29-23)15(2)10-17(14)12-21-30-20(13-33-21)22(32)16-4-6-18(7-5-16)24(25,26)27/h4-7,10-11,13H,3,8-9,12H2,1-2H3,(H2,28,29,31). The van der Waals surface area contributed by atoms with Gasteiger partial charge in [-0.1, -0.05) is 18.2 Å². The van der Waals surface area contributed by atoms with Gasteiger partial charge in [-0.25, -0.2) is 4.98 Å². The maximum Gasteiger partial charge on any atom is 0.416 e. The maximum absolute atomic E-state index is 12.7. The van der Waals surface area contributed by atoms with Crippen LogP contribution >= 0.6 is 11.3 Å². The van der Waals surface area contributed by atoms with Crippen LogP contribution in [0.2, 0.25) is 0 Å². The molecule has 33 heavy (non-hydrogen) atoms. The van der Waals surface area contributed by atoms with Crippen molar-refractivity contribution in [2.24, 2.45) is 4.99 Å². The fourth-order valence-electron chi connectivity index (χ4n) is 3.56. The maximum atomic E-state index is 12.7. The second-order valence-electron chi connectivity index (χ2n) is 7.94. The number of aromatic nitrogens is 1. The summed E-state index contributed by atoms with van der Waals surface area (Å²) < 4.78 is 38.2. The van der Waals surface area contributed by atoms with Gasteiger partial charge in [0.25, 0.3) is 0 Å². The summed E-state index contributed by atoms with van der Waals surface area (Å²) in [5, 5.41) is 9.01. The molecule has 0 amide bonds. The van der Waals surface area contributed by atoms with E-state index in [0.29, 0.717) is 6.42 Å². The summed E-state index contributed by atoms with van der Waals surface area (Å²) in [6, 6.07) is 8.38. The van der Waals surface area contributed by atoms with Crippen LogP contribution in [0.4, 0.5) is 18.9 Å². The molecule has 1 aliphatic heterocycles. The summed E-state index contributed by atoms with van der Waals surface area (Å²) in [6.45, 7) is 5.76. The van der Waals surface area contributed by atoms with Crippen molar-refractivity contribution < 1.29 is 18.0 Å². The number of halogens is 3. The number of aryl methyl sites for hydroxylation is 2. The molecule has 0 atom stereocenters. The van der Waals surface area contributed by atoms with Crippen LogP contribution in [-0.2, 0) is 12.6 Å². The van der Waals surface area contributed by atoms with E-state index in [2.05, 4.69) is 32.7 Å². The number of nitrogens with zero attached hydrogens (tertiary/aromatic N) is 2. The summed E-state index contributed by atoms with van der Waals surface area (Å²) in [7, 11) is 0. The Kier molecular flexibility index (Phi) is 6.51. The van der Waals surface area contributed by atoms with Crippen molar-refractivity contribution in [2.75, 3.05) is 18.4 Å². The smallest absolute Gasteiger partial charge is 0.356 e. The van der Waals surface area contributed by atoms with Gasteiger partial charge < -0.3 is 10.6 Å². The third-order valence-corrected chi connectivity index (χ3v) is 6.28. The summed E-state index contributed by atoms with van der Waals surface area (Å²) >= 11 is 1.37. The van der Waals surface area contributed by atoms with Crippen LogP contribution in [0.5, 0.6) is 0 Å². The Hall–Kier alpha value is -3.20. The van der Waals surface area contributed by atoms with E-state index >= 15 is 0 Å². The summed E-state index contributed by atoms with van der Waals surface area (Å²) in [5.74, 6) is 0.391. The topological polar surface area (TPSA) is 66.4 Å². The first kappa shape index (κ1) is 23.0. The number of nitrogens with one attached hydrogen (secondary N) is 2. The summed E-state index contributed by atoms with van der Waals surface area (Å²) in [5.41, 5.74) is 3.88. The number of hydrogen-bond donors (Lipinski definition) is 2. The third-order valence-electron chi connectivity index (χ3n) is 5.43. The lowest BCUT2D eigenvalue weighted by Crippen LogP contribution is -2.35. The molecule has 5 nitrogen and oxygen atoms in total. The minimum atomic E-state index is -4.43. The molecule has 2 heterocycles. The van der Waals surface area contributed by atoms with Gasteiger partial charge in [0, 0.05) is 36.1 Å². The lowest BCUT2D eigenvalue weighted by Gasteiger charge is -2.18. The quantitative estimate of drug-likeness (QED) is 0.491. The Morgan fingerprint density at radius 2 is 1.91 bits per heavy atom. The van der Waals surface area contributed by atoms with E-state index in [0.717, 1.165) is 65.0 Å². The zero-order valence-corrected chi connectivity index (χ0v) is 19.0. The van der Waals surface area contributed by atoms with Crippen LogP contribution in [0, 0.1) is 13.8 Å². The largest absolute Gasteiger partial charge is 0.416 e. The van der Waals surface area contributed by atoms with Gasteiger partial charge in [0.05, 0.1) is 10.6 Å². The molecule has 4 rings (SSSR count). The van der Waals surface area contributed by atoms with Crippen molar-refractivity contribution in [1.29, 1.82) is 0 Å². The van der Waals surface area contributed by atoms with E-state index in [1.807, 2.05) is 13.8 Å². The molecule has 9 heteroatoms. The highest BCUT2D eigenvalue weighted by molar-refractivity contribution is 7.09. The van der Waals surface area contributed by atoms with Crippen LogP contribution in [0.1, 0.15) is 49.7 Å². The number of aliphatic imine (C=N–C) groups is 1. The third kappa shape index (κ3) is 5.42. The van der Waals surface area contributed by atoms with Crippen LogP contribution in [0.15, 0.2) is 46.8 Å². The van der Waals surface area contributed by atoms with E-state index in [1.165, 1.54) is 23.5 Å². The zero-order valence-electron chi connectivity index (χ0n) is 18.2. The molecule has 172 valence electrons. The molecule has 3 aromatic rings. The number of hydrogen-bond acceptors (Lipinski definition) is 6. The lowest BCUT2D eigenvalue weighted by atomic mass is 10.0. The fraction of sp³-hybridized carbons (Fsp3) is 0.292. The minimum absolute atomic E-state index is 0.182. The molecule has 2 aromatic carbocycles. The first-order chi connectivity index (χ1) is 15.7. The zero-order chi connectivity index (χ0) is 23.6. The van der Waals surface area contributed by atoms with Gasteiger partial charge in [-0.15, -0.1) is 11.3 Å². The van der Waals surface area contributed by atoms with Crippen molar-refractivity contribution in [3.8, 4) is 0 Å². The predicted molar refractivity (Wildman–Crippen MR) is 124 cm³/mol. The number of anilines is 1. The summed E-state index contributed by atoms with van der Waals surface area (Å²) in [6.07, 6.45) is -2.84. The molecule has 0 fully saturated rings. The number of carbonyl (C=O) groups excluding carboxylic acids is 1. The van der Waals surface area contributed by atoms with Crippen LogP contribution in [-0.4, -0.2) is 29.8 Å². The van der Waals surface area contributed by atoms with Crippen molar-refractivity contribution in [3.05, 3.63) is 80.3 Å². The Labute approximate surface area is 193 Å². The Morgan fingerprint density at radius 3 is 2.58 bits per heavy atom. The van der Waals surface area contributed by atoms with Gasteiger partial charge >= 0.3 is 6.18 Å². The van der Waals surface area contributed by atoms with E-state index in [4.69, 9.17) is 0 Å². The molecule has 0 saturated heterocycles. The molecule has 0 unspecified atom stereocenters. The van der Waals surface area contributed by atoms with Gasteiger partial charge in [0.2, 0.25) is 5.78 Å². The molecular formula is C24H23F3N4OS. The molecule has 0 spiro atoms. The molecule has 0 saturated carbocycles. The molecule has 0 bridgehead atoms. The normalized spacial score (nSPS) is 13.9. The van der Waals surface area contributed by atoms with Gasteiger partial charge in [0.15, 0.2) is 5.96 Å². The van der Waals surface area contributed by atoms with Crippen molar-refractivity contribution in [1.82, 2.24) is 10.3 Å². The van der Waals surface area contributed by atoms with Crippen LogP contribution in [0.3, 0.4) is 0 Å². The highest BCUT2D eigenvalue weighted by atomic mass is 32.1. The van der Waals surface area contributed by atoms with Gasteiger partial charge in [0.1, 0.15) is 5.69 Å². The fourth-order valence-corrected chi connectivity index (χ4v) is 4.36. The monoisotopic (exact) mass is 472 g/mol. The average Bonchev–Trinajstić information content (AvgIpc) is 3.25. The van der Waals surface area contributed by atoms with Gasteiger partial charge in [-0.2, -0.15) is 13.2 Å². The van der Waals surface area contributed by atoms with Crippen LogP contribution in [0.25, 0.3) is 0 Å². The lowest BCUT2D eigenvalue weighted by molar-refractivity contribution is -0.137. The average molecular weight is 473 g/mol. The van der Waals surface area contributed by atoms with Crippen molar-refractivity contribution in [3.63, 3.8) is 0 Å². The molecule has 1 aliphatic rings. The molecule has 2 N–H and O–H groups in total. The highest BCUT2D eigenvalue weighted by Crippen LogP contribution is 2.30. The molecule has 1 aromatic heterocycles. The summed E-state index contributed by atoms with van der Waals surface area (Å²) in [4.78, 5) is 21.6. The second kappa shape index (κ2) is 9.35. The number of carbonyl (C=O) groups is 1. The van der Waals surface area contributed by atoms with E-state index in [9.17, 15) is 18.0 Å². The predicted octanol–water partition coefficient (Wildman–Crippen LogP) is 5.36. The molecule has 0 radical (unpaired) electrons. The number of thiazole rings is 1. The Balaban J connectivity index is 1.47. The molecular weight excluding hydrogens is 449 g/mol. The van der Waals surface area contributed by atoms with Gasteiger partial charge in [-0.3, -0.25) is 9.79 Å². The number of rotatable bonds is 5. The van der Waals surface area contributed by atoms with Crippen LogP contribution < -0.4 is 10.6 Å². The number of benzene rings is 2. The van der Waals surface area contributed by atoms with Crippen molar-refractivity contribution in [2.45, 2.75) is 32.9 Å². The molecule has 0 aliphatic carbocycles. The first-order valence-electron chi connectivity index (χ1n) is 10.5. The first-order valence-corrected chi connectivity index (χ1v) is 11.4. The van der Waals surface area contributed by atoms with E-state index in [-0.39, 0.29) is 17.0 Å². The Bertz CT molecular complexity index is 1200. The Morgan fingerprint density at radius 1 is 1.15 bits per heavy atom. The van der Waals surface area contributed by atoms with Gasteiger partial charge in [-0.05, 0) is 55.2 Å². The van der Waals surface area contributed by atoms with E-state index < -0.39 is 11.7 Å². The number of ketones is 1. The second-order valence-corrected chi connectivity index (χ2v) is 8.88. The number of alkyl halides is 3. The SMILES string of the molecule is Cc1cc(NC2=NCCCN2)c(C)cc1Cc1nc(C(=O)c2ccc(C(F)(F)F)cc2)cs1. The number of guanidine groups is 1. The van der Waals surface area contributed by atoms with E-state index in [1.54, 1.807) is 5.38 Å². The minimum Gasteiger partial charge on any atom is -0.356 e. The highest BCUT2D eigenvalue weighted by Gasteiger charge is 2.30.